The number of carboxylic acids is 1. The molecule has 1 aliphatic rings. The fourth-order valence-corrected chi connectivity index (χ4v) is 2.55. The molecule has 18 heavy (non-hydrogen) atoms. The van der Waals surface area contributed by atoms with Gasteiger partial charge in [0.2, 0.25) is 0 Å². The number of hydrogen-bond donors (Lipinski definition) is 2. The van der Waals surface area contributed by atoms with Crippen LogP contribution in [0.1, 0.15) is 36.2 Å². The first kappa shape index (κ1) is 12.7. The molecule has 2 rings (SSSR count). The van der Waals surface area contributed by atoms with Crippen LogP contribution in [0.2, 0.25) is 0 Å². The van der Waals surface area contributed by atoms with Crippen molar-refractivity contribution >= 4 is 17.5 Å². The SMILES string of the molecule is CN(CC1CCCC1)c1nc(C(=O)O)ccc1N. The summed E-state index contributed by atoms with van der Waals surface area (Å²) >= 11 is 0. The van der Waals surface area contributed by atoms with Gasteiger partial charge in [-0.05, 0) is 30.9 Å². The molecule has 1 aromatic heterocycles. The molecule has 0 unspecified atom stereocenters. The van der Waals surface area contributed by atoms with Crippen molar-refractivity contribution in [3.05, 3.63) is 17.8 Å². The van der Waals surface area contributed by atoms with Crippen LogP contribution in [0.5, 0.6) is 0 Å². The summed E-state index contributed by atoms with van der Waals surface area (Å²) in [6.45, 7) is 0.889. The van der Waals surface area contributed by atoms with Crippen LogP contribution in [-0.2, 0) is 0 Å². The summed E-state index contributed by atoms with van der Waals surface area (Å²) < 4.78 is 0. The van der Waals surface area contributed by atoms with Gasteiger partial charge in [0.1, 0.15) is 0 Å². The Hall–Kier alpha value is -1.78. The van der Waals surface area contributed by atoms with Crippen molar-refractivity contribution in [1.82, 2.24) is 4.98 Å². The molecule has 0 aromatic carbocycles. The number of nitrogen functional groups attached to an aromatic ring is 1. The van der Waals surface area contributed by atoms with Crippen LogP contribution in [0.4, 0.5) is 11.5 Å². The first-order valence-corrected chi connectivity index (χ1v) is 6.29. The average molecular weight is 249 g/mol. The number of hydrogen-bond acceptors (Lipinski definition) is 4. The lowest BCUT2D eigenvalue weighted by molar-refractivity contribution is 0.0690. The van der Waals surface area contributed by atoms with Crippen LogP contribution in [0.25, 0.3) is 0 Å². The normalized spacial score (nSPS) is 15.8. The van der Waals surface area contributed by atoms with Crippen molar-refractivity contribution < 1.29 is 9.90 Å². The molecule has 0 radical (unpaired) electrons. The summed E-state index contributed by atoms with van der Waals surface area (Å²) in [7, 11) is 1.92. The summed E-state index contributed by atoms with van der Waals surface area (Å²) in [5.74, 6) is 0.219. The van der Waals surface area contributed by atoms with Gasteiger partial charge in [-0.2, -0.15) is 0 Å². The third kappa shape index (κ3) is 2.72. The van der Waals surface area contributed by atoms with Gasteiger partial charge in [0.05, 0.1) is 5.69 Å². The molecule has 0 atom stereocenters. The van der Waals surface area contributed by atoms with Crippen molar-refractivity contribution in [3.8, 4) is 0 Å². The second kappa shape index (κ2) is 5.25. The Kier molecular flexibility index (Phi) is 3.69. The third-order valence-electron chi connectivity index (χ3n) is 3.49. The smallest absolute Gasteiger partial charge is 0.354 e. The Morgan fingerprint density at radius 1 is 1.50 bits per heavy atom. The quantitative estimate of drug-likeness (QED) is 0.853. The Labute approximate surface area is 107 Å². The van der Waals surface area contributed by atoms with Gasteiger partial charge < -0.3 is 15.7 Å². The molecule has 1 aliphatic carbocycles. The number of carboxylic acid groups (broad SMARTS) is 1. The van der Waals surface area contributed by atoms with Crippen molar-refractivity contribution in [3.63, 3.8) is 0 Å². The van der Waals surface area contributed by atoms with Crippen molar-refractivity contribution in [2.24, 2.45) is 5.92 Å². The lowest BCUT2D eigenvalue weighted by Gasteiger charge is -2.23. The molecule has 1 fully saturated rings. The van der Waals surface area contributed by atoms with Crippen molar-refractivity contribution in [1.29, 1.82) is 0 Å². The molecule has 0 bridgehead atoms. The maximum atomic E-state index is 10.9. The monoisotopic (exact) mass is 249 g/mol. The Morgan fingerprint density at radius 3 is 2.78 bits per heavy atom. The molecule has 1 saturated carbocycles. The highest BCUT2D eigenvalue weighted by molar-refractivity contribution is 5.86. The van der Waals surface area contributed by atoms with Crippen LogP contribution < -0.4 is 10.6 Å². The van der Waals surface area contributed by atoms with E-state index in [1.54, 1.807) is 6.07 Å². The van der Waals surface area contributed by atoms with Gasteiger partial charge in [-0.1, -0.05) is 12.8 Å². The van der Waals surface area contributed by atoms with Gasteiger partial charge in [-0.3, -0.25) is 0 Å². The number of aromatic nitrogens is 1. The minimum atomic E-state index is -1.02. The minimum Gasteiger partial charge on any atom is -0.477 e. The number of rotatable bonds is 4. The van der Waals surface area contributed by atoms with Crippen LogP contribution >= 0.6 is 0 Å². The first-order chi connectivity index (χ1) is 8.58. The molecule has 0 saturated heterocycles. The Morgan fingerprint density at radius 2 is 2.17 bits per heavy atom. The lowest BCUT2D eigenvalue weighted by atomic mass is 10.1. The summed E-state index contributed by atoms with van der Waals surface area (Å²) in [6, 6.07) is 3.04. The zero-order valence-electron chi connectivity index (χ0n) is 10.6. The fraction of sp³-hybridized carbons (Fsp3) is 0.538. The number of carbonyl (C=O) groups is 1. The number of pyridine rings is 1. The molecule has 0 spiro atoms. The third-order valence-corrected chi connectivity index (χ3v) is 3.49. The van der Waals surface area contributed by atoms with Crippen LogP contribution in [-0.4, -0.2) is 29.7 Å². The van der Waals surface area contributed by atoms with Gasteiger partial charge in [-0.15, -0.1) is 0 Å². The molecular weight excluding hydrogens is 230 g/mol. The second-order valence-corrected chi connectivity index (χ2v) is 4.95. The standard InChI is InChI=1S/C13H19N3O2/c1-16(8-9-4-2-3-5-9)12-10(14)6-7-11(15-12)13(17)18/h6-7,9H,2-5,8,14H2,1H3,(H,17,18). The van der Waals surface area contributed by atoms with E-state index in [2.05, 4.69) is 4.98 Å². The van der Waals surface area contributed by atoms with Gasteiger partial charge in [0, 0.05) is 13.6 Å². The molecular formula is C13H19N3O2. The van der Waals surface area contributed by atoms with E-state index in [-0.39, 0.29) is 5.69 Å². The summed E-state index contributed by atoms with van der Waals surface area (Å²) in [5.41, 5.74) is 6.44. The first-order valence-electron chi connectivity index (χ1n) is 6.29. The molecule has 0 amide bonds. The van der Waals surface area contributed by atoms with Gasteiger partial charge >= 0.3 is 5.97 Å². The van der Waals surface area contributed by atoms with Gasteiger partial charge in [0.15, 0.2) is 11.5 Å². The van der Waals surface area contributed by atoms with E-state index in [4.69, 9.17) is 10.8 Å². The van der Waals surface area contributed by atoms with Crippen LogP contribution in [0.15, 0.2) is 12.1 Å². The van der Waals surface area contributed by atoms with Crippen molar-refractivity contribution in [2.75, 3.05) is 24.2 Å². The summed E-state index contributed by atoms with van der Waals surface area (Å²) in [6.07, 6.45) is 5.05. The zero-order valence-corrected chi connectivity index (χ0v) is 10.6. The van der Waals surface area contributed by atoms with E-state index in [0.717, 1.165) is 6.54 Å². The van der Waals surface area contributed by atoms with E-state index in [0.29, 0.717) is 17.4 Å². The summed E-state index contributed by atoms with van der Waals surface area (Å²) in [5, 5.41) is 8.94. The van der Waals surface area contributed by atoms with Crippen LogP contribution in [0, 0.1) is 5.92 Å². The van der Waals surface area contributed by atoms with Crippen LogP contribution in [0.3, 0.4) is 0 Å². The average Bonchev–Trinajstić information content (AvgIpc) is 2.81. The van der Waals surface area contributed by atoms with E-state index < -0.39 is 5.97 Å². The van der Waals surface area contributed by atoms with E-state index >= 15 is 0 Å². The molecule has 5 heteroatoms. The zero-order chi connectivity index (χ0) is 13.1. The fourth-order valence-electron chi connectivity index (χ4n) is 2.55. The number of nitrogens with zero attached hydrogens (tertiary/aromatic N) is 2. The maximum absolute atomic E-state index is 10.9. The van der Waals surface area contributed by atoms with Gasteiger partial charge in [-0.25, -0.2) is 9.78 Å². The van der Waals surface area contributed by atoms with Crippen molar-refractivity contribution in [2.45, 2.75) is 25.7 Å². The predicted molar refractivity (Wildman–Crippen MR) is 70.8 cm³/mol. The topological polar surface area (TPSA) is 79.5 Å². The molecule has 3 N–H and O–H groups in total. The van der Waals surface area contributed by atoms with E-state index in [1.807, 2.05) is 11.9 Å². The highest BCUT2D eigenvalue weighted by Gasteiger charge is 2.19. The predicted octanol–water partition coefficient (Wildman–Crippen LogP) is 1.99. The number of anilines is 2. The Bertz CT molecular complexity index is 442. The largest absolute Gasteiger partial charge is 0.477 e. The van der Waals surface area contributed by atoms with Gasteiger partial charge in [0.25, 0.3) is 0 Å². The van der Waals surface area contributed by atoms with E-state index in [9.17, 15) is 4.79 Å². The van der Waals surface area contributed by atoms with E-state index in [1.165, 1.54) is 31.7 Å². The molecule has 1 heterocycles. The lowest BCUT2D eigenvalue weighted by Crippen LogP contribution is -2.26. The summed E-state index contributed by atoms with van der Waals surface area (Å²) in [4.78, 5) is 17.0. The molecule has 98 valence electrons. The maximum Gasteiger partial charge on any atom is 0.354 e. The molecule has 0 aliphatic heterocycles. The number of aromatic carboxylic acids is 1. The molecule has 5 nitrogen and oxygen atoms in total. The highest BCUT2D eigenvalue weighted by atomic mass is 16.4. The molecule has 1 aromatic rings. The number of nitrogens with two attached hydrogens (primary N) is 1. The highest BCUT2D eigenvalue weighted by Crippen LogP contribution is 2.28. The Balaban J connectivity index is 2.14. The minimum absolute atomic E-state index is 0.0393. The second-order valence-electron chi connectivity index (χ2n) is 4.95.